The Labute approximate surface area is 114 Å². The van der Waals surface area contributed by atoms with Crippen LogP contribution < -0.4 is 10.5 Å². The monoisotopic (exact) mass is 283 g/mol. The first-order valence-electron chi connectivity index (χ1n) is 6.26. The first kappa shape index (κ1) is 15.7. The number of nitrogens with one attached hydrogen (secondary N) is 2. The van der Waals surface area contributed by atoms with Crippen LogP contribution in [0.5, 0.6) is 0 Å². The lowest BCUT2D eigenvalue weighted by Gasteiger charge is -2.13. The second-order valence-electron chi connectivity index (χ2n) is 4.62. The molecule has 0 spiro atoms. The van der Waals surface area contributed by atoms with Gasteiger partial charge in [-0.3, -0.25) is 5.41 Å². The Balaban J connectivity index is 2.44. The third-order valence-corrected chi connectivity index (χ3v) is 4.37. The summed E-state index contributed by atoms with van der Waals surface area (Å²) in [6.07, 6.45) is 0.963. The number of hydrogen-bond donors (Lipinski definition) is 3. The van der Waals surface area contributed by atoms with Crippen molar-refractivity contribution in [1.82, 2.24) is 4.72 Å². The van der Waals surface area contributed by atoms with Crippen LogP contribution in [0.15, 0.2) is 30.3 Å². The van der Waals surface area contributed by atoms with Crippen molar-refractivity contribution in [2.45, 2.75) is 25.7 Å². The van der Waals surface area contributed by atoms with E-state index in [9.17, 15) is 8.42 Å². The molecule has 0 aliphatic rings. The van der Waals surface area contributed by atoms with Gasteiger partial charge in [-0.25, -0.2) is 13.1 Å². The molecule has 0 radical (unpaired) electrons. The van der Waals surface area contributed by atoms with Gasteiger partial charge in [-0.1, -0.05) is 37.3 Å². The standard InChI is InChI=1S/C13H21N3O2S/c1-11(12-6-3-2-4-7-12)10-19(17,18)16-9-5-8-13(14)15/h2-4,6-7,11,16H,5,8-10H2,1H3,(H3,14,15). The molecule has 1 aromatic rings. The third-order valence-electron chi connectivity index (χ3n) is 2.78. The minimum absolute atomic E-state index is 0.0495. The van der Waals surface area contributed by atoms with Crippen LogP contribution in [0.4, 0.5) is 0 Å². The summed E-state index contributed by atoms with van der Waals surface area (Å²) < 4.78 is 26.3. The van der Waals surface area contributed by atoms with E-state index in [1.807, 2.05) is 37.3 Å². The van der Waals surface area contributed by atoms with Gasteiger partial charge in [-0.2, -0.15) is 0 Å². The number of benzene rings is 1. The van der Waals surface area contributed by atoms with Crippen LogP contribution in [0.3, 0.4) is 0 Å². The minimum atomic E-state index is -3.29. The van der Waals surface area contributed by atoms with Crippen molar-refractivity contribution in [3.63, 3.8) is 0 Å². The van der Waals surface area contributed by atoms with Crippen LogP contribution in [0.1, 0.15) is 31.2 Å². The van der Waals surface area contributed by atoms with Crippen LogP contribution in [0, 0.1) is 5.41 Å². The summed E-state index contributed by atoms with van der Waals surface area (Å²) in [5.41, 5.74) is 6.22. The van der Waals surface area contributed by atoms with Gasteiger partial charge in [0.05, 0.1) is 11.6 Å². The Morgan fingerprint density at radius 1 is 1.37 bits per heavy atom. The van der Waals surface area contributed by atoms with Gasteiger partial charge in [-0.15, -0.1) is 0 Å². The largest absolute Gasteiger partial charge is 0.388 e. The predicted octanol–water partition coefficient (Wildman–Crippen LogP) is 1.43. The first-order chi connectivity index (χ1) is 8.91. The SMILES string of the molecule is CC(CS(=O)(=O)NCCCC(=N)N)c1ccccc1. The molecule has 1 unspecified atom stereocenters. The van der Waals surface area contributed by atoms with E-state index in [0.717, 1.165) is 5.56 Å². The molecule has 1 atom stereocenters. The summed E-state index contributed by atoms with van der Waals surface area (Å²) in [5, 5.41) is 7.05. The molecule has 4 N–H and O–H groups in total. The van der Waals surface area contributed by atoms with Gasteiger partial charge in [0, 0.05) is 13.0 Å². The molecule has 1 aromatic carbocycles. The van der Waals surface area contributed by atoms with Gasteiger partial charge < -0.3 is 5.73 Å². The Morgan fingerprint density at radius 2 is 2.00 bits per heavy atom. The zero-order chi connectivity index (χ0) is 14.3. The van der Waals surface area contributed by atoms with Crippen molar-refractivity contribution < 1.29 is 8.42 Å². The molecule has 106 valence electrons. The highest BCUT2D eigenvalue weighted by Crippen LogP contribution is 2.16. The second-order valence-corrected chi connectivity index (χ2v) is 6.47. The highest BCUT2D eigenvalue weighted by atomic mass is 32.2. The van der Waals surface area contributed by atoms with Crippen LogP contribution >= 0.6 is 0 Å². The van der Waals surface area contributed by atoms with Crippen molar-refractivity contribution in [2.75, 3.05) is 12.3 Å². The zero-order valence-electron chi connectivity index (χ0n) is 11.1. The Bertz CT molecular complexity index is 500. The Hall–Kier alpha value is -1.40. The normalized spacial score (nSPS) is 13.1. The van der Waals surface area contributed by atoms with Crippen LogP contribution in [0.2, 0.25) is 0 Å². The molecule has 0 heterocycles. The van der Waals surface area contributed by atoms with Crippen molar-refractivity contribution in [1.29, 1.82) is 5.41 Å². The fourth-order valence-corrected chi connectivity index (χ4v) is 3.20. The van der Waals surface area contributed by atoms with E-state index < -0.39 is 10.0 Å². The number of hydrogen-bond acceptors (Lipinski definition) is 3. The summed E-state index contributed by atoms with van der Waals surface area (Å²) in [6, 6.07) is 9.56. The molecule has 19 heavy (non-hydrogen) atoms. The van der Waals surface area contributed by atoms with Gasteiger partial charge in [-0.05, 0) is 17.9 Å². The fourth-order valence-electron chi connectivity index (χ4n) is 1.77. The average Bonchev–Trinajstić information content (AvgIpc) is 2.35. The van der Waals surface area contributed by atoms with Crippen molar-refractivity contribution >= 4 is 15.9 Å². The van der Waals surface area contributed by atoms with E-state index in [1.54, 1.807) is 0 Å². The van der Waals surface area contributed by atoms with E-state index in [0.29, 0.717) is 19.4 Å². The summed E-state index contributed by atoms with van der Waals surface area (Å²) >= 11 is 0. The zero-order valence-corrected chi connectivity index (χ0v) is 11.9. The minimum Gasteiger partial charge on any atom is -0.388 e. The fraction of sp³-hybridized carbons (Fsp3) is 0.462. The van der Waals surface area contributed by atoms with Crippen LogP contribution in [0.25, 0.3) is 0 Å². The number of nitrogens with two attached hydrogens (primary N) is 1. The maximum absolute atomic E-state index is 11.9. The molecule has 6 heteroatoms. The van der Waals surface area contributed by atoms with Gasteiger partial charge in [0.2, 0.25) is 10.0 Å². The molecule has 0 aliphatic heterocycles. The molecular weight excluding hydrogens is 262 g/mol. The van der Waals surface area contributed by atoms with E-state index in [1.165, 1.54) is 0 Å². The lowest BCUT2D eigenvalue weighted by atomic mass is 10.0. The number of rotatable bonds is 8. The average molecular weight is 283 g/mol. The first-order valence-corrected chi connectivity index (χ1v) is 7.91. The predicted molar refractivity (Wildman–Crippen MR) is 77.8 cm³/mol. The topological polar surface area (TPSA) is 96.0 Å². The van der Waals surface area contributed by atoms with Crippen molar-refractivity contribution in [3.05, 3.63) is 35.9 Å². The van der Waals surface area contributed by atoms with Gasteiger partial charge in [0.15, 0.2) is 0 Å². The molecule has 0 saturated heterocycles. The smallest absolute Gasteiger partial charge is 0.212 e. The third kappa shape index (κ3) is 6.35. The molecule has 5 nitrogen and oxygen atoms in total. The van der Waals surface area contributed by atoms with Crippen molar-refractivity contribution in [2.24, 2.45) is 5.73 Å². The van der Waals surface area contributed by atoms with E-state index in [-0.39, 0.29) is 17.5 Å². The molecule has 0 saturated carbocycles. The molecule has 0 amide bonds. The molecule has 0 aliphatic carbocycles. The molecule has 0 bridgehead atoms. The summed E-state index contributed by atoms with van der Waals surface area (Å²) in [5.74, 6) is 0.0974. The quantitative estimate of drug-likeness (QED) is 0.382. The molecule has 0 aromatic heterocycles. The Kier molecular flexibility index (Phi) is 5.98. The van der Waals surface area contributed by atoms with E-state index >= 15 is 0 Å². The highest BCUT2D eigenvalue weighted by molar-refractivity contribution is 7.89. The van der Waals surface area contributed by atoms with Crippen LogP contribution in [-0.4, -0.2) is 26.6 Å². The number of amidine groups is 1. The molecular formula is C13H21N3O2S. The lowest BCUT2D eigenvalue weighted by molar-refractivity contribution is 0.574. The number of sulfonamides is 1. The molecule has 1 rings (SSSR count). The van der Waals surface area contributed by atoms with Crippen LogP contribution in [-0.2, 0) is 10.0 Å². The van der Waals surface area contributed by atoms with Gasteiger partial charge >= 0.3 is 0 Å². The van der Waals surface area contributed by atoms with E-state index in [2.05, 4.69) is 4.72 Å². The van der Waals surface area contributed by atoms with Gasteiger partial charge in [0.1, 0.15) is 0 Å². The van der Waals surface area contributed by atoms with Crippen molar-refractivity contribution in [3.8, 4) is 0 Å². The maximum atomic E-state index is 11.9. The molecule has 0 fully saturated rings. The maximum Gasteiger partial charge on any atom is 0.212 e. The summed E-state index contributed by atoms with van der Waals surface area (Å²) in [6.45, 7) is 2.22. The lowest BCUT2D eigenvalue weighted by Crippen LogP contribution is -2.30. The second kappa shape index (κ2) is 7.25. The summed E-state index contributed by atoms with van der Waals surface area (Å²) in [4.78, 5) is 0. The summed E-state index contributed by atoms with van der Waals surface area (Å²) in [7, 11) is -3.29. The Morgan fingerprint density at radius 3 is 2.58 bits per heavy atom. The van der Waals surface area contributed by atoms with E-state index in [4.69, 9.17) is 11.1 Å². The van der Waals surface area contributed by atoms with Gasteiger partial charge in [0.25, 0.3) is 0 Å². The highest BCUT2D eigenvalue weighted by Gasteiger charge is 2.16.